The topological polar surface area (TPSA) is 74.3 Å². The molecule has 7 nitrogen and oxygen atoms in total. The summed E-state index contributed by atoms with van der Waals surface area (Å²) in [4.78, 5) is 26.4. The van der Waals surface area contributed by atoms with Crippen LogP contribution in [0.15, 0.2) is 41.3 Å². The number of ether oxygens (including phenoxy) is 4. The molecule has 1 fully saturated rings. The maximum absolute atomic E-state index is 13.1. The monoisotopic (exact) mass is 479 g/mol. The highest BCUT2D eigenvalue weighted by atomic mass is 35.5. The Balaban J connectivity index is 1.94. The highest BCUT2D eigenvalue weighted by Crippen LogP contribution is 2.40. The zero-order valence-electron chi connectivity index (χ0n) is 16.8. The smallest absolute Gasteiger partial charge is 0.343 e. The number of anilines is 1. The molecule has 1 heterocycles. The molecule has 3 rings (SSSR count). The van der Waals surface area contributed by atoms with Crippen LogP contribution in [0.4, 0.5) is 5.69 Å². The predicted molar refractivity (Wildman–Crippen MR) is 124 cm³/mol. The van der Waals surface area contributed by atoms with Crippen molar-refractivity contribution in [1.29, 1.82) is 0 Å². The summed E-state index contributed by atoms with van der Waals surface area (Å²) in [7, 11) is 4.26. The van der Waals surface area contributed by atoms with E-state index in [1.54, 1.807) is 42.5 Å². The van der Waals surface area contributed by atoms with Crippen molar-refractivity contribution in [1.82, 2.24) is 0 Å². The van der Waals surface area contributed by atoms with Crippen molar-refractivity contribution in [3.05, 3.63) is 51.9 Å². The first-order valence-corrected chi connectivity index (χ1v) is 10.5. The molecule has 0 saturated carbocycles. The van der Waals surface area contributed by atoms with E-state index in [9.17, 15) is 9.59 Å². The number of benzene rings is 2. The van der Waals surface area contributed by atoms with E-state index in [1.165, 1.54) is 26.2 Å². The zero-order chi connectivity index (χ0) is 22.5. The van der Waals surface area contributed by atoms with Gasteiger partial charge in [0, 0.05) is 5.56 Å². The normalized spacial score (nSPS) is 14.7. The molecule has 2 aromatic carbocycles. The van der Waals surface area contributed by atoms with E-state index < -0.39 is 5.97 Å². The summed E-state index contributed by atoms with van der Waals surface area (Å²) in [5, 5.41) is 0.365. The molecule has 0 N–H and O–H groups in total. The van der Waals surface area contributed by atoms with Crippen LogP contribution in [-0.4, -0.2) is 44.1 Å². The van der Waals surface area contributed by atoms with Crippen LogP contribution in [0, 0.1) is 0 Å². The van der Waals surface area contributed by atoms with Crippen LogP contribution in [0.5, 0.6) is 17.2 Å². The fourth-order valence-electron chi connectivity index (χ4n) is 2.78. The summed E-state index contributed by atoms with van der Waals surface area (Å²) in [5.74, 6) is 0.371. The van der Waals surface area contributed by atoms with Gasteiger partial charge in [-0.3, -0.25) is 9.69 Å². The van der Waals surface area contributed by atoms with Crippen LogP contribution in [-0.2, 0) is 14.3 Å². The van der Waals surface area contributed by atoms with Gasteiger partial charge in [-0.05, 0) is 30.3 Å². The van der Waals surface area contributed by atoms with Crippen molar-refractivity contribution in [2.45, 2.75) is 0 Å². The molecule has 2 aromatic rings. The second-order valence-corrected chi connectivity index (χ2v) is 8.16. The number of hydrogen-bond donors (Lipinski definition) is 0. The Morgan fingerprint density at radius 1 is 1.16 bits per heavy atom. The highest BCUT2D eigenvalue weighted by molar-refractivity contribution is 8.27. The molecule has 31 heavy (non-hydrogen) atoms. The number of esters is 1. The number of carbonyl (C=O) groups is 2. The summed E-state index contributed by atoms with van der Waals surface area (Å²) in [6, 6.07) is 10.2. The molecule has 1 amide bonds. The van der Waals surface area contributed by atoms with Gasteiger partial charge in [-0.25, -0.2) is 4.79 Å². The Bertz CT molecular complexity index is 1070. The van der Waals surface area contributed by atoms with Crippen LogP contribution in [0.25, 0.3) is 6.08 Å². The number of hydrogen-bond acceptors (Lipinski definition) is 8. The number of amides is 1. The van der Waals surface area contributed by atoms with Gasteiger partial charge in [0.1, 0.15) is 5.75 Å². The molecule has 1 aliphatic heterocycles. The van der Waals surface area contributed by atoms with E-state index in [-0.39, 0.29) is 12.5 Å². The SMILES string of the molecule is COC(=O)COc1c(/C=C2/SC(=S)N(c3ccc(OC)c(Cl)c3)C2=O)cccc1OC. The second-order valence-electron chi connectivity index (χ2n) is 6.08. The van der Waals surface area contributed by atoms with Gasteiger partial charge < -0.3 is 18.9 Å². The van der Waals surface area contributed by atoms with Crippen LogP contribution in [0.1, 0.15) is 5.56 Å². The highest BCUT2D eigenvalue weighted by Gasteiger charge is 2.34. The molecule has 0 bridgehead atoms. The van der Waals surface area contributed by atoms with E-state index in [2.05, 4.69) is 4.74 Å². The van der Waals surface area contributed by atoms with Crippen molar-refractivity contribution < 1.29 is 28.5 Å². The largest absolute Gasteiger partial charge is 0.495 e. The van der Waals surface area contributed by atoms with Gasteiger partial charge in [0.2, 0.25) is 0 Å². The maximum atomic E-state index is 13.1. The minimum Gasteiger partial charge on any atom is -0.495 e. The zero-order valence-corrected chi connectivity index (χ0v) is 19.2. The van der Waals surface area contributed by atoms with Crippen LogP contribution in [0.2, 0.25) is 5.02 Å². The first-order chi connectivity index (χ1) is 14.9. The van der Waals surface area contributed by atoms with Crippen LogP contribution >= 0.6 is 35.6 Å². The Labute approximate surface area is 193 Å². The number of carbonyl (C=O) groups excluding carboxylic acids is 2. The minimum atomic E-state index is -0.542. The fraction of sp³-hybridized carbons (Fsp3) is 0.190. The second kappa shape index (κ2) is 10.0. The Morgan fingerprint density at radius 3 is 2.55 bits per heavy atom. The van der Waals surface area contributed by atoms with E-state index in [4.69, 9.17) is 38.0 Å². The lowest BCUT2D eigenvalue weighted by Crippen LogP contribution is -2.27. The van der Waals surface area contributed by atoms with Crippen LogP contribution in [0.3, 0.4) is 0 Å². The Hall–Kier alpha value is -2.75. The Kier molecular flexibility index (Phi) is 7.42. The lowest BCUT2D eigenvalue weighted by atomic mass is 10.1. The van der Waals surface area contributed by atoms with Gasteiger partial charge in [0.15, 0.2) is 22.4 Å². The molecule has 0 spiro atoms. The molecule has 0 aromatic heterocycles. The van der Waals surface area contributed by atoms with Gasteiger partial charge in [-0.2, -0.15) is 0 Å². The van der Waals surface area contributed by atoms with Gasteiger partial charge in [0.25, 0.3) is 5.91 Å². The average Bonchev–Trinajstić information content (AvgIpc) is 3.04. The van der Waals surface area contributed by atoms with Crippen molar-refractivity contribution in [2.24, 2.45) is 0 Å². The lowest BCUT2D eigenvalue weighted by Gasteiger charge is -2.16. The molecule has 1 aliphatic rings. The summed E-state index contributed by atoms with van der Waals surface area (Å²) in [6.45, 7) is -0.303. The van der Waals surface area contributed by atoms with Crippen LogP contribution < -0.4 is 19.1 Å². The number of thioether (sulfide) groups is 1. The van der Waals surface area contributed by atoms with Gasteiger partial charge >= 0.3 is 5.97 Å². The number of halogens is 1. The third kappa shape index (κ3) is 4.95. The van der Waals surface area contributed by atoms with Gasteiger partial charge in [-0.1, -0.05) is 47.7 Å². The van der Waals surface area contributed by atoms with Crippen molar-refractivity contribution in [3.63, 3.8) is 0 Å². The molecular weight excluding hydrogens is 462 g/mol. The van der Waals surface area contributed by atoms with Crippen molar-refractivity contribution >= 4 is 63.5 Å². The summed E-state index contributed by atoms with van der Waals surface area (Å²) < 4.78 is 21.1. The van der Waals surface area contributed by atoms with Gasteiger partial charge in [0.05, 0.1) is 36.9 Å². The predicted octanol–water partition coefficient (Wildman–Crippen LogP) is 4.31. The maximum Gasteiger partial charge on any atom is 0.343 e. The number of para-hydroxylation sites is 1. The van der Waals surface area contributed by atoms with Crippen molar-refractivity contribution in [3.8, 4) is 17.2 Å². The van der Waals surface area contributed by atoms with E-state index in [0.717, 1.165) is 11.8 Å². The molecular formula is C21H18ClNO6S2. The lowest BCUT2D eigenvalue weighted by molar-refractivity contribution is -0.142. The van der Waals surface area contributed by atoms with Gasteiger partial charge in [-0.15, -0.1) is 0 Å². The molecule has 10 heteroatoms. The Morgan fingerprint density at radius 2 is 1.90 bits per heavy atom. The summed E-state index contributed by atoms with van der Waals surface area (Å²) in [5.41, 5.74) is 1.08. The molecule has 0 radical (unpaired) electrons. The van der Waals surface area contributed by atoms with E-state index >= 15 is 0 Å². The number of thiocarbonyl (C=S) groups is 1. The summed E-state index contributed by atoms with van der Waals surface area (Å²) >= 11 is 12.8. The number of rotatable bonds is 7. The molecule has 0 atom stereocenters. The first kappa shape index (κ1) is 22.9. The van der Waals surface area contributed by atoms with E-state index in [0.29, 0.717) is 42.7 Å². The standard InChI is InChI=1S/C21H18ClNO6S2/c1-26-15-8-7-13(10-14(15)22)23-20(25)17(31-21(23)30)9-12-5-4-6-16(27-2)19(12)29-11-18(24)28-3/h4-10H,11H2,1-3H3/b17-9+. The van der Waals surface area contributed by atoms with E-state index in [1.807, 2.05) is 0 Å². The molecule has 1 saturated heterocycles. The quantitative estimate of drug-likeness (QED) is 0.330. The third-order valence-corrected chi connectivity index (χ3v) is 5.86. The number of methoxy groups -OCH3 is 3. The third-order valence-electron chi connectivity index (χ3n) is 4.27. The number of nitrogens with zero attached hydrogens (tertiary/aromatic N) is 1. The average molecular weight is 480 g/mol. The van der Waals surface area contributed by atoms with Crippen molar-refractivity contribution in [2.75, 3.05) is 32.8 Å². The molecule has 0 unspecified atom stereocenters. The summed E-state index contributed by atoms with van der Waals surface area (Å²) in [6.07, 6.45) is 1.64. The fourth-order valence-corrected chi connectivity index (χ4v) is 4.32. The molecule has 0 aliphatic carbocycles. The molecule has 162 valence electrons. The first-order valence-electron chi connectivity index (χ1n) is 8.87. The minimum absolute atomic E-state index is 0.303.